The Morgan fingerprint density at radius 1 is 1.30 bits per heavy atom. The second kappa shape index (κ2) is 5.68. The topological polar surface area (TPSA) is 58.6 Å². The molecule has 0 amide bonds. The van der Waals surface area contributed by atoms with Gasteiger partial charge in [0.2, 0.25) is 0 Å². The minimum absolute atomic E-state index is 0.201. The normalized spacial score (nSPS) is 18.1. The lowest BCUT2D eigenvalue weighted by molar-refractivity contribution is 0.315. The quantitative estimate of drug-likeness (QED) is 0.283. The highest BCUT2D eigenvalue weighted by molar-refractivity contribution is 7.99. The number of benzene rings is 1. The minimum Gasteiger partial charge on any atom is -0.409 e. The lowest BCUT2D eigenvalue weighted by Gasteiger charge is -2.19. The van der Waals surface area contributed by atoms with Crippen molar-refractivity contribution in [3.8, 4) is 0 Å². The molecule has 1 aliphatic carbocycles. The molecule has 1 aromatic rings. The van der Waals surface area contributed by atoms with E-state index in [0.29, 0.717) is 12.3 Å². The average Bonchev–Trinajstić information content (AvgIpc) is 3.16. The zero-order valence-electron chi connectivity index (χ0n) is 12.5. The Bertz CT molecular complexity index is 484. The number of nitrogens with two attached hydrogens (primary N) is 1. The van der Waals surface area contributed by atoms with Gasteiger partial charge in [-0.25, -0.2) is 0 Å². The smallest absolute Gasteiger partial charge is 0.139 e. The van der Waals surface area contributed by atoms with Crippen molar-refractivity contribution >= 4 is 17.6 Å². The van der Waals surface area contributed by atoms with Crippen LogP contribution < -0.4 is 5.73 Å². The summed E-state index contributed by atoms with van der Waals surface area (Å²) in [7, 11) is 0. The SMILES string of the molecule is CC(C)(C)c1ccc(SCC2(CC(N)=NO)CC2)cc1. The number of hydrogen-bond donors (Lipinski definition) is 2. The van der Waals surface area contributed by atoms with E-state index in [1.165, 1.54) is 23.3 Å². The van der Waals surface area contributed by atoms with Crippen molar-refractivity contribution < 1.29 is 5.21 Å². The highest BCUT2D eigenvalue weighted by Crippen LogP contribution is 2.51. The van der Waals surface area contributed by atoms with E-state index in [4.69, 9.17) is 10.9 Å². The molecule has 0 unspecified atom stereocenters. The molecule has 0 radical (unpaired) electrons. The molecule has 0 bridgehead atoms. The Morgan fingerprint density at radius 3 is 2.35 bits per heavy atom. The first-order chi connectivity index (χ1) is 9.35. The second-order valence-corrected chi connectivity index (χ2v) is 7.88. The lowest BCUT2D eigenvalue weighted by Crippen LogP contribution is -2.19. The van der Waals surface area contributed by atoms with Crippen LogP contribution in [0.25, 0.3) is 0 Å². The standard InChI is InChI=1S/C16H24N2OS/c1-15(2,3)12-4-6-13(7-5-12)20-11-16(8-9-16)10-14(17)18-19/h4-7,19H,8-11H2,1-3H3,(H2,17,18). The molecular formula is C16H24N2OS. The second-order valence-electron chi connectivity index (χ2n) is 6.83. The summed E-state index contributed by atoms with van der Waals surface area (Å²) in [5.41, 5.74) is 7.44. The van der Waals surface area contributed by atoms with Gasteiger partial charge in [0, 0.05) is 17.1 Å². The van der Waals surface area contributed by atoms with Gasteiger partial charge in [0.15, 0.2) is 0 Å². The zero-order valence-corrected chi connectivity index (χ0v) is 13.3. The Morgan fingerprint density at radius 2 is 1.90 bits per heavy atom. The third-order valence-corrected chi connectivity index (χ3v) is 5.27. The van der Waals surface area contributed by atoms with E-state index >= 15 is 0 Å². The molecule has 1 fully saturated rings. The summed E-state index contributed by atoms with van der Waals surface area (Å²) >= 11 is 1.87. The van der Waals surface area contributed by atoms with E-state index < -0.39 is 0 Å². The monoisotopic (exact) mass is 292 g/mol. The summed E-state index contributed by atoms with van der Waals surface area (Å²) in [5.74, 6) is 1.39. The molecule has 1 aromatic carbocycles. The minimum atomic E-state index is 0.201. The molecule has 20 heavy (non-hydrogen) atoms. The summed E-state index contributed by atoms with van der Waals surface area (Å²) in [6.07, 6.45) is 3.06. The van der Waals surface area contributed by atoms with Crippen molar-refractivity contribution in [2.24, 2.45) is 16.3 Å². The van der Waals surface area contributed by atoms with Crippen LogP contribution in [-0.4, -0.2) is 16.8 Å². The summed E-state index contributed by atoms with van der Waals surface area (Å²) in [5, 5.41) is 11.8. The van der Waals surface area contributed by atoms with E-state index in [9.17, 15) is 0 Å². The van der Waals surface area contributed by atoms with Crippen molar-refractivity contribution in [3.63, 3.8) is 0 Å². The molecule has 1 saturated carbocycles. The van der Waals surface area contributed by atoms with E-state index in [2.05, 4.69) is 50.2 Å². The Kier molecular flexibility index (Phi) is 4.33. The maximum Gasteiger partial charge on any atom is 0.139 e. The average molecular weight is 292 g/mol. The van der Waals surface area contributed by atoms with E-state index in [-0.39, 0.29) is 10.8 Å². The first-order valence-corrected chi connectivity index (χ1v) is 8.03. The Labute approximate surface area is 125 Å². The van der Waals surface area contributed by atoms with Crippen molar-refractivity contribution in [2.75, 3.05) is 5.75 Å². The molecule has 4 heteroatoms. The summed E-state index contributed by atoms with van der Waals surface area (Å²) < 4.78 is 0. The first kappa shape index (κ1) is 15.2. The van der Waals surface area contributed by atoms with E-state index in [0.717, 1.165) is 5.75 Å². The number of amidine groups is 1. The number of oxime groups is 1. The molecule has 0 aromatic heterocycles. The summed E-state index contributed by atoms with van der Waals surface area (Å²) in [6.45, 7) is 6.68. The maximum absolute atomic E-state index is 8.67. The molecule has 0 saturated heterocycles. The fraction of sp³-hybridized carbons (Fsp3) is 0.562. The van der Waals surface area contributed by atoms with Crippen LogP contribution in [0.3, 0.4) is 0 Å². The molecule has 0 heterocycles. The van der Waals surface area contributed by atoms with Gasteiger partial charge in [-0.15, -0.1) is 11.8 Å². The van der Waals surface area contributed by atoms with Crippen LogP contribution in [-0.2, 0) is 5.41 Å². The van der Waals surface area contributed by atoms with Gasteiger partial charge in [-0.05, 0) is 41.4 Å². The van der Waals surface area contributed by atoms with Crippen LogP contribution in [0.5, 0.6) is 0 Å². The molecular weight excluding hydrogens is 268 g/mol. The molecule has 0 atom stereocenters. The number of rotatable bonds is 5. The molecule has 110 valence electrons. The lowest BCUT2D eigenvalue weighted by atomic mass is 9.87. The fourth-order valence-electron chi connectivity index (χ4n) is 2.26. The van der Waals surface area contributed by atoms with Gasteiger partial charge >= 0.3 is 0 Å². The van der Waals surface area contributed by atoms with Gasteiger partial charge in [-0.2, -0.15) is 0 Å². The van der Waals surface area contributed by atoms with Crippen LogP contribution in [0, 0.1) is 5.41 Å². The van der Waals surface area contributed by atoms with Crippen LogP contribution in [0.15, 0.2) is 34.3 Å². The van der Waals surface area contributed by atoms with Gasteiger partial charge in [-0.1, -0.05) is 38.1 Å². The molecule has 3 N–H and O–H groups in total. The van der Waals surface area contributed by atoms with Gasteiger partial charge in [0.1, 0.15) is 5.84 Å². The number of hydrogen-bond acceptors (Lipinski definition) is 3. The van der Waals surface area contributed by atoms with E-state index in [1.807, 2.05) is 11.8 Å². The molecule has 0 aliphatic heterocycles. The summed E-state index contributed by atoms with van der Waals surface area (Å²) in [6, 6.07) is 8.83. The summed E-state index contributed by atoms with van der Waals surface area (Å²) in [4.78, 5) is 1.30. The number of thioether (sulfide) groups is 1. The van der Waals surface area contributed by atoms with Crippen molar-refractivity contribution in [1.29, 1.82) is 0 Å². The predicted octanol–water partition coefficient (Wildman–Crippen LogP) is 3.99. The zero-order chi connectivity index (χ0) is 14.8. The largest absolute Gasteiger partial charge is 0.409 e. The van der Waals surface area contributed by atoms with Crippen LogP contribution >= 0.6 is 11.8 Å². The van der Waals surface area contributed by atoms with Gasteiger partial charge in [0.25, 0.3) is 0 Å². The van der Waals surface area contributed by atoms with Crippen LogP contribution in [0.1, 0.15) is 45.6 Å². The number of nitrogens with zero attached hydrogens (tertiary/aromatic N) is 1. The van der Waals surface area contributed by atoms with Crippen molar-refractivity contribution in [1.82, 2.24) is 0 Å². The Hall–Kier alpha value is -1.16. The van der Waals surface area contributed by atoms with E-state index in [1.54, 1.807) is 0 Å². The van der Waals surface area contributed by atoms with Gasteiger partial charge < -0.3 is 10.9 Å². The maximum atomic E-state index is 8.67. The highest BCUT2D eigenvalue weighted by Gasteiger charge is 2.43. The molecule has 3 nitrogen and oxygen atoms in total. The third kappa shape index (κ3) is 3.92. The van der Waals surface area contributed by atoms with Crippen LogP contribution in [0.4, 0.5) is 0 Å². The van der Waals surface area contributed by atoms with Crippen molar-refractivity contribution in [2.45, 2.75) is 50.3 Å². The fourth-order valence-corrected chi connectivity index (χ4v) is 3.45. The predicted molar refractivity (Wildman–Crippen MR) is 85.6 cm³/mol. The molecule has 2 rings (SSSR count). The van der Waals surface area contributed by atoms with Crippen molar-refractivity contribution in [3.05, 3.63) is 29.8 Å². The first-order valence-electron chi connectivity index (χ1n) is 7.04. The van der Waals surface area contributed by atoms with Gasteiger partial charge in [0.05, 0.1) is 0 Å². The Balaban J connectivity index is 1.92. The molecule has 0 spiro atoms. The highest BCUT2D eigenvalue weighted by atomic mass is 32.2. The van der Waals surface area contributed by atoms with Crippen LogP contribution in [0.2, 0.25) is 0 Å². The third-order valence-electron chi connectivity index (χ3n) is 3.91. The molecule has 1 aliphatic rings. The van der Waals surface area contributed by atoms with Gasteiger partial charge in [-0.3, -0.25) is 0 Å².